The van der Waals surface area contributed by atoms with Crippen LogP contribution in [0.4, 0.5) is 5.69 Å². The normalized spacial score (nSPS) is 11.8. The summed E-state index contributed by atoms with van der Waals surface area (Å²) in [5.74, 6) is 0.0584. The molecule has 0 fully saturated rings. The van der Waals surface area contributed by atoms with Crippen molar-refractivity contribution in [3.05, 3.63) is 51.7 Å². The van der Waals surface area contributed by atoms with Crippen LogP contribution >= 0.6 is 34.8 Å². The van der Waals surface area contributed by atoms with Crippen molar-refractivity contribution < 1.29 is 9.53 Å². The van der Waals surface area contributed by atoms with Crippen molar-refractivity contribution >= 4 is 46.4 Å². The first-order valence-electron chi connectivity index (χ1n) is 6.00. The van der Waals surface area contributed by atoms with Crippen LogP contribution in [0.3, 0.4) is 0 Å². The largest absolute Gasteiger partial charge is 0.479 e. The third kappa shape index (κ3) is 4.49. The standard InChI is InChI=1S/C14H11Cl3N2O2/c1-8(21-12-4-2-9(15)6-11(12)16)14(20)19-10-3-5-13(17)18-7-10/h2-8H,1H3,(H,19,20). The average molecular weight is 346 g/mol. The van der Waals surface area contributed by atoms with E-state index in [1.54, 1.807) is 37.3 Å². The first kappa shape index (κ1) is 15.9. The molecule has 0 bridgehead atoms. The molecule has 1 aromatic carbocycles. The summed E-state index contributed by atoms with van der Waals surface area (Å²) in [6, 6.07) is 8.02. The van der Waals surface area contributed by atoms with E-state index >= 15 is 0 Å². The highest BCUT2D eigenvalue weighted by molar-refractivity contribution is 6.35. The van der Waals surface area contributed by atoms with Crippen LogP contribution < -0.4 is 10.1 Å². The van der Waals surface area contributed by atoms with Gasteiger partial charge in [-0.3, -0.25) is 4.79 Å². The van der Waals surface area contributed by atoms with Gasteiger partial charge in [-0.25, -0.2) is 4.98 Å². The molecule has 0 aliphatic rings. The molecule has 1 atom stereocenters. The lowest BCUT2D eigenvalue weighted by Gasteiger charge is -2.15. The van der Waals surface area contributed by atoms with E-state index < -0.39 is 6.10 Å². The maximum Gasteiger partial charge on any atom is 0.265 e. The molecule has 0 aliphatic carbocycles. The second-order valence-electron chi connectivity index (χ2n) is 4.19. The zero-order valence-corrected chi connectivity index (χ0v) is 13.2. The monoisotopic (exact) mass is 344 g/mol. The molecule has 1 amide bonds. The van der Waals surface area contributed by atoms with Gasteiger partial charge in [-0.2, -0.15) is 0 Å². The summed E-state index contributed by atoms with van der Waals surface area (Å²) in [5, 5.41) is 3.86. The second kappa shape index (κ2) is 6.98. The quantitative estimate of drug-likeness (QED) is 0.833. The molecule has 1 aromatic heterocycles. The van der Waals surface area contributed by atoms with Crippen LogP contribution in [-0.2, 0) is 4.79 Å². The summed E-state index contributed by atoms with van der Waals surface area (Å²) >= 11 is 17.5. The molecule has 0 saturated heterocycles. The number of anilines is 1. The van der Waals surface area contributed by atoms with Gasteiger partial charge in [-0.1, -0.05) is 34.8 Å². The number of amides is 1. The molecule has 2 rings (SSSR count). The number of aromatic nitrogens is 1. The molecule has 110 valence electrons. The first-order valence-corrected chi connectivity index (χ1v) is 7.13. The fourth-order valence-electron chi connectivity index (χ4n) is 1.51. The molecule has 0 radical (unpaired) electrons. The first-order chi connectivity index (χ1) is 9.95. The summed E-state index contributed by atoms with van der Waals surface area (Å²) in [6.07, 6.45) is 0.724. The molecule has 0 spiro atoms. The number of carbonyl (C=O) groups is 1. The Morgan fingerprint density at radius 3 is 2.62 bits per heavy atom. The second-order valence-corrected chi connectivity index (χ2v) is 5.42. The average Bonchev–Trinajstić information content (AvgIpc) is 2.44. The Hall–Kier alpha value is -1.49. The summed E-state index contributed by atoms with van der Waals surface area (Å²) in [5.41, 5.74) is 0.530. The van der Waals surface area contributed by atoms with Crippen LogP contribution in [0, 0.1) is 0 Å². The minimum atomic E-state index is -0.737. The highest BCUT2D eigenvalue weighted by atomic mass is 35.5. The van der Waals surface area contributed by atoms with E-state index in [4.69, 9.17) is 39.5 Å². The van der Waals surface area contributed by atoms with Gasteiger partial charge >= 0.3 is 0 Å². The van der Waals surface area contributed by atoms with Crippen LogP contribution in [0.5, 0.6) is 5.75 Å². The molecular weight excluding hydrogens is 335 g/mol. The number of hydrogen-bond acceptors (Lipinski definition) is 3. The van der Waals surface area contributed by atoms with Crippen molar-refractivity contribution in [3.8, 4) is 5.75 Å². The fourth-order valence-corrected chi connectivity index (χ4v) is 2.07. The zero-order valence-electron chi connectivity index (χ0n) is 10.9. The van der Waals surface area contributed by atoms with Crippen LogP contribution in [0.15, 0.2) is 36.5 Å². The Kier molecular flexibility index (Phi) is 5.28. The van der Waals surface area contributed by atoms with E-state index in [1.807, 2.05) is 0 Å². The SMILES string of the molecule is CC(Oc1ccc(Cl)cc1Cl)C(=O)Nc1ccc(Cl)nc1. The summed E-state index contributed by atoms with van der Waals surface area (Å²) < 4.78 is 5.51. The van der Waals surface area contributed by atoms with Gasteiger partial charge in [0.25, 0.3) is 5.91 Å². The minimum Gasteiger partial charge on any atom is -0.479 e. The van der Waals surface area contributed by atoms with Crippen LogP contribution in [0.25, 0.3) is 0 Å². The summed E-state index contributed by atoms with van der Waals surface area (Å²) in [4.78, 5) is 15.9. The third-order valence-corrected chi connectivity index (χ3v) is 3.32. The molecule has 0 saturated carbocycles. The number of benzene rings is 1. The highest BCUT2D eigenvalue weighted by Gasteiger charge is 2.16. The van der Waals surface area contributed by atoms with E-state index in [-0.39, 0.29) is 5.91 Å². The fraction of sp³-hybridized carbons (Fsp3) is 0.143. The Labute approximate surface area is 137 Å². The molecule has 2 aromatic rings. The molecule has 1 N–H and O–H groups in total. The topological polar surface area (TPSA) is 51.2 Å². The predicted octanol–water partition coefficient (Wildman–Crippen LogP) is 4.45. The number of rotatable bonds is 4. The van der Waals surface area contributed by atoms with Gasteiger partial charge in [0, 0.05) is 5.02 Å². The number of ether oxygens (including phenoxy) is 1. The summed E-state index contributed by atoms with van der Waals surface area (Å²) in [6.45, 7) is 1.61. The number of nitrogens with zero attached hydrogens (tertiary/aromatic N) is 1. The van der Waals surface area contributed by atoms with Crippen molar-refractivity contribution in [1.29, 1.82) is 0 Å². The maximum absolute atomic E-state index is 12.0. The lowest BCUT2D eigenvalue weighted by molar-refractivity contribution is -0.122. The van der Waals surface area contributed by atoms with Gasteiger partial charge in [0.05, 0.1) is 16.9 Å². The Bertz CT molecular complexity index is 647. The molecule has 7 heteroatoms. The van der Waals surface area contributed by atoms with E-state index in [0.717, 1.165) is 0 Å². The number of halogens is 3. The minimum absolute atomic E-state index is 0.329. The number of pyridine rings is 1. The third-order valence-electron chi connectivity index (χ3n) is 2.56. The number of nitrogens with one attached hydrogen (secondary N) is 1. The smallest absolute Gasteiger partial charge is 0.265 e. The van der Waals surface area contributed by atoms with E-state index in [2.05, 4.69) is 10.3 Å². The van der Waals surface area contributed by atoms with Crippen LogP contribution in [-0.4, -0.2) is 17.0 Å². The highest BCUT2D eigenvalue weighted by Crippen LogP contribution is 2.28. The number of hydrogen-bond donors (Lipinski definition) is 1. The van der Waals surface area contributed by atoms with Crippen LogP contribution in [0.2, 0.25) is 15.2 Å². The molecule has 1 unspecified atom stereocenters. The lowest BCUT2D eigenvalue weighted by atomic mass is 10.3. The molecule has 0 aliphatic heterocycles. The predicted molar refractivity (Wildman–Crippen MR) is 84.4 cm³/mol. The molecule has 21 heavy (non-hydrogen) atoms. The molecule has 1 heterocycles. The van der Waals surface area contributed by atoms with E-state index in [9.17, 15) is 4.79 Å². The molecular formula is C14H11Cl3N2O2. The zero-order chi connectivity index (χ0) is 15.4. The van der Waals surface area contributed by atoms with E-state index in [0.29, 0.717) is 26.6 Å². The van der Waals surface area contributed by atoms with Gasteiger partial charge in [-0.05, 0) is 37.3 Å². The Morgan fingerprint density at radius 1 is 1.24 bits per heavy atom. The summed E-state index contributed by atoms with van der Waals surface area (Å²) in [7, 11) is 0. The van der Waals surface area contributed by atoms with Crippen molar-refractivity contribution in [2.45, 2.75) is 13.0 Å². The van der Waals surface area contributed by atoms with Crippen molar-refractivity contribution in [1.82, 2.24) is 4.98 Å². The number of carbonyl (C=O) groups excluding carboxylic acids is 1. The van der Waals surface area contributed by atoms with Crippen molar-refractivity contribution in [3.63, 3.8) is 0 Å². The van der Waals surface area contributed by atoms with Crippen molar-refractivity contribution in [2.75, 3.05) is 5.32 Å². The Morgan fingerprint density at radius 2 is 2.00 bits per heavy atom. The van der Waals surface area contributed by atoms with Gasteiger partial charge in [-0.15, -0.1) is 0 Å². The molecule has 4 nitrogen and oxygen atoms in total. The maximum atomic E-state index is 12.0. The van der Waals surface area contributed by atoms with Gasteiger partial charge in [0.2, 0.25) is 0 Å². The van der Waals surface area contributed by atoms with Gasteiger partial charge < -0.3 is 10.1 Å². The Balaban J connectivity index is 2.00. The van der Waals surface area contributed by atoms with Crippen LogP contribution in [0.1, 0.15) is 6.92 Å². The lowest BCUT2D eigenvalue weighted by Crippen LogP contribution is -2.30. The van der Waals surface area contributed by atoms with Gasteiger partial charge in [0.1, 0.15) is 10.9 Å². The van der Waals surface area contributed by atoms with Gasteiger partial charge in [0.15, 0.2) is 6.10 Å². The van der Waals surface area contributed by atoms with Crippen molar-refractivity contribution in [2.24, 2.45) is 0 Å². The van der Waals surface area contributed by atoms with E-state index in [1.165, 1.54) is 6.20 Å².